The maximum Gasteiger partial charge on any atom is -0.147 e. The van der Waals surface area contributed by atoms with Crippen molar-refractivity contribution in [2.45, 2.75) is 91.9 Å². The maximum absolute atomic E-state index is 2.33. The Bertz CT molecular complexity index is 104. The third-order valence-electron chi connectivity index (χ3n) is 3.40. The van der Waals surface area contributed by atoms with Gasteiger partial charge in [0.2, 0.25) is 0 Å². The predicted octanol–water partition coefficient (Wildman–Crippen LogP) is 6.47. The van der Waals surface area contributed by atoms with E-state index in [1.54, 1.807) is 32.6 Å². The van der Waals surface area contributed by atoms with Gasteiger partial charge in [0.15, 0.2) is 0 Å². The van der Waals surface area contributed by atoms with Crippen LogP contribution in [0.5, 0.6) is 0 Å². The molecule has 0 aromatic heterocycles. The van der Waals surface area contributed by atoms with Gasteiger partial charge in [-0.3, -0.25) is 0 Å². The van der Waals surface area contributed by atoms with Crippen molar-refractivity contribution in [2.75, 3.05) is 0 Å². The van der Waals surface area contributed by atoms with E-state index >= 15 is 0 Å². The van der Waals surface area contributed by atoms with E-state index in [0.717, 1.165) is 0 Å². The van der Waals surface area contributed by atoms with Gasteiger partial charge in [0.25, 0.3) is 0 Å². The molecule has 0 aromatic carbocycles. The molecule has 2 heteroatoms. The quantitative estimate of drug-likeness (QED) is 0.273. The predicted molar refractivity (Wildman–Crippen MR) is 86.0 cm³/mol. The van der Waals surface area contributed by atoms with Crippen molar-refractivity contribution in [3.05, 3.63) is 0 Å². The number of rotatable bonds is 12. The van der Waals surface area contributed by atoms with Gasteiger partial charge in [-0.05, 0) is 0 Å². The number of unbranched alkanes of at least 4 members (excludes halogenated alkanes) is 6. The van der Waals surface area contributed by atoms with Crippen LogP contribution in [0.25, 0.3) is 0 Å². The molecular weight excluding hydrogens is 334 g/mol. The minimum Gasteiger partial charge on any atom is -0.147 e. The second-order valence-corrected chi connectivity index (χ2v) is 13.7. The van der Waals surface area contributed by atoms with Crippen LogP contribution in [0.2, 0.25) is 13.3 Å². The summed E-state index contributed by atoms with van der Waals surface area (Å²) in [5.74, 6) is 0. The van der Waals surface area contributed by atoms with E-state index < -0.39 is 19.8 Å². The Balaban J connectivity index is 0. The first kappa shape index (κ1) is 20.4. The first-order valence-corrected chi connectivity index (χ1v) is 13.7. The van der Waals surface area contributed by atoms with E-state index in [9.17, 15) is 0 Å². The Hall–Kier alpha value is 1.09. The van der Waals surface area contributed by atoms with E-state index in [-0.39, 0.29) is 12.4 Å². The van der Waals surface area contributed by atoms with Crippen molar-refractivity contribution in [1.82, 2.24) is 0 Å². The van der Waals surface area contributed by atoms with Gasteiger partial charge < -0.3 is 0 Å². The summed E-state index contributed by atoms with van der Waals surface area (Å²) in [6, 6.07) is 0. The minimum absolute atomic E-state index is 0. The summed E-state index contributed by atoms with van der Waals surface area (Å²) >= 11 is -0.900. The van der Waals surface area contributed by atoms with Crippen molar-refractivity contribution in [3.8, 4) is 0 Å². The minimum atomic E-state index is -0.900. The zero-order chi connectivity index (χ0) is 12.1. The molecule has 0 saturated heterocycles. The molecule has 0 spiro atoms. The van der Waals surface area contributed by atoms with E-state index in [2.05, 4.69) is 20.8 Å². The zero-order valence-corrected chi connectivity index (χ0v) is 16.1. The van der Waals surface area contributed by atoms with Crippen molar-refractivity contribution >= 4 is 32.2 Å². The van der Waals surface area contributed by atoms with E-state index in [1.165, 1.54) is 38.5 Å². The fraction of sp³-hybridized carbons (Fsp3) is 1.00. The molecule has 17 heavy (non-hydrogen) atoms. The second kappa shape index (κ2) is 17.1. The Labute approximate surface area is 123 Å². The number of hydrogen-bond acceptors (Lipinski definition) is 0. The van der Waals surface area contributed by atoms with Crippen molar-refractivity contribution in [1.29, 1.82) is 0 Å². The second-order valence-electron chi connectivity index (χ2n) is 5.12. The van der Waals surface area contributed by atoms with Crippen molar-refractivity contribution in [2.24, 2.45) is 0 Å². The van der Waals surface area contributed by atoms with Gasteiger partial charge in [-0.15, -0.1) is 12.4 Å². The third kappa shape index (κ3) is 15.0. The van der Waals surface area contributed by atoms with Gasteiger partial charge in [0.05, 0.1) is 0 Å². The maximum atomic E-state index is 2.33. The summed E-state index contributed by atoms with van der Waals surface area (Å²) in [5, 5.41) is 0. The molecule has 0 aliphatic carbocycles. The standard InChI is InChI=1S/3C5H11.ClH.Sn/c3*1-3-5-4-2;;/h3*1,3-5H2,2H3;1H;. The fourth-order valence-electron chi connectivity index (χ4n) is 2.25. The molecular formula is C15H34ClSn. The number of halogens is 1. The molecule has 1 radical (unpaired) electrons. The molecule has 0 atom stereocenters. The molecule has 105 valence electrons. The van der Waals surface area contributed by atoms with Gasteiger partial charge >= 0.3 is 112 Å². The van der Waals surface area contributed by atoms with Crippen molar-refractivity contribution < 1.29 is 0 Å². The molecule has 0 fully saturated rings. The largest absolute Gasteiger partial charge is 0.147 e. The monoisotopic (exact) mass is 369 g/mol. The van der Waals surface area contributed by atoms with Gasteiger partial charge in [-0.2, -0.15) is 0 Å². The van der Waals surface area contributed by atoms with Crippen LogP contribution in [0.3, 0.4) is 0 Å². The van der Waals surface area contributed by atoms with Crippen LogP contribution >= 0.6 is 12.4 Å². The molecule has 0 N–H and O–H groups in total. The third-order valence-corrected chi connectivity index (χ3v) is 12.5. The summed E-state index contributed by atoms with van der Waals surface area (Å²) in [5.41, 5.74) is 0. The summed E-state index contributed by atoms with van der Waals surface area (Å²) in [7, 11) is 0. The van der Waals surface area contributed by atoms with Crippen LogP contribution in [-0.4, -0.2) is 19.8 Å². The van der Waals surface area contributed by atoms with Gasteiger partial charge in [-0.25, -0.2) is 0 Å². The Morgan fingerprint density at radius 1 is 0.529 bits per heavy atom. The Kier molecular flexibility index (Phi) is 20.5. The zero-order valence-electron chi connectivity index (χ0n) is 12.4. The molecule has 0 aliphatic heterocycles. The van der Waals surface area contributed by atoms with E-state index in [0.29, 0.717) is 0 Å². The molecule has 0 aromatic rings. The Morgan fingerprint density at radius 2 is 0.824 bits per heavy atom. The van der Waals surface area contributed by atoms with Gasteiger partial charge in [-0.1, -0.05) is 0 Å². The smallest absolute Gasteiger partial charge is 0.147 e. The van der Waals surface area contributed by atoms with E-state index in [4.69, 9.17) is 0 Å². The molecule has 0 nitrogen and oxygen atoms in total. The molecule has 0 bridgehead atoms. The summed E-state index contributed by atoms with van der Waals surface area (Å²) < 4.78 is 5.09. The average Bonchev–Trinajstić information content (AvgIpc) is 2.29. The molecule has 0 saturated carbocycles. The summed E-state index contributed by atoms with van der Waals surface area (Å²) in [6.07, 6.45) is 13.4. The SMILES string of the molecule is CCCC[CH2][Sn]([CH2]CCCC)[CH2]CCCC.Cl. The van der Waals surface area contributed by atoms with Crippen LogP contribution in [0.1, 0.15) is 78.6 Å². The summed E-state index contributed by atoms with van der Waals surface area (Å²) in [6.45, 7) is 6.99. The van der Waals surface area contributed by atoms with Crippen LogP contribution < -0.4 is 0 Å². The molecule has 0 unspecified atom stereocenters. The fourth-order valence-corrected chi connectivity index (χ4v) is 10.8. The van der Waals surface area contributed by atoms with Crippen LogP contribution in [0.4, 0.5) is 0 Å². The summed E-state index contributed by atoms with van der Waals surface area (Å²) in [4.78, 5) is 0. The normalized spacial score (nSPS) is 10.6. The van der Waals surface area contributed by atoms with Crippen LogP contribution in [0.15, 0.2) is 0 Å². The van der Waals surface area contributed by atoms with Gasteiger partial charge in [0, 0.05) is 0 Å². The topological polar surface area (TPSA) is 0 Å². The molecule has 0 amide bonds. The molecule has 0 rings (SSSR count). The first-order valence-electron chi connectivity index (χ1n) is 7.68. The number of hydrogen-bond donors (Lipinski definition) is 0. The Morgan fingerprint density at radius 3 is 1.06 bits per heavy atom. The molecule has 0 aliphatic rings. The van der Waals surface area contributed by atoms with E-state index in [1.807, 2.05) is 0 Å². The van der Waals surface area contributed by atoms with Crippen molar-refractivity contribution in [3.63, 3.8) is 0 Å². The van der Waals surface area contributed by atoms with Gasteiger partial charge in [0.1, 0.15) is 0 Å². The van der Waals surface area contributed by atoms with Crippen LogP contribution in [-0.2, 0) is 0 Å². The van der Waals surface area contributed by atoms with Crippen LogP contribution in [0, 0.1) is 0 Å². The molecule has 0 heterocycles. The average molecular weight is 369 g/mol. The first-order chi connectivity index (χ1) is 7.85.